The zero-order valence-electron chi connectivity index (χ0n) is 11.9. The average molecular weight is 260 g/mol. The molecule has 0 amide bonds. The van der Waals surface area contributed by atoms with Crippen molar-refractivity contribution in [1.82, 2.24) is 0 Å². The summed E-state index contributed by atoms with van der Waals surface area (Å²) in [6.45, 7) is 5.56. The van der Waals surface area contributed by atoms with Crippen LogP contribution >= 0.6 is 0 Å². The second kappa shape index (κ2) is 10.3. The molecule has 4 nitrogen and oxygen atoms in total. The molecule has 2 N–H and O–H groups in total. The maximum atomic E-state index is 11.8. The molecule has 108 valence electrons. The molecule has 0 aliphatic heterocycles. The summed E-state index contributed by atoms with van der Waals surface area (Å²) in [5, 5.41) is 18.7. The lowest BCUT2D eigenvalue weighted by Crippen LogP contribution is -2.26. The Morgan fingerprint density at radius 2 is 1.83 bits per heavy atom. The first-order chi connectivity index (χ1) is 8.51. The van der Waals surface area contributed by atoms with E-state index in [-0.39, 0.29) is 11.9 Å². The summed E-state index contributed by atoms with van der Waals surface area (Å²) in [5.41, 5.74) is 0. The van der Waals surface area contributed by atoms with Gasteiger partial charge in [0.05, 0.1) is 12.0 Å². The Labute approximate surface area is 110 Å². The van der Waals surface area contributed by atoms with E-state index in [9.17, 15) is 15.0 Å². The van der Waals surface area contributed by atoms with Crippen LogP contribution in [0.5, 0.6) is 0 Å². The van der Waals surface area contributed by atoms with Gasteiger partial charge < -0.3 is 14.9 Å². The summed E-state index contributed by atoms with van der Waals surface area (Å²) < 4.78 is 4.93. The van der Waals surface area contributed by atoms with Crippen molar-refractivity contribution in [3.05, 3.63) is 0 Å². The maximum Gasteiger partial charge on any atom is 0.311 e. The van der Waals surface area contributed by atoms with Crippen LogP contribution in [0.2, 0.25) is 0 Å². The molecular weight excluding hydrogens is 232 g/mol. The fourth-order valence-electron chi connectivity index (χ4n) is 1.87. The summed E-state index contributed by atoms with van der Waals surface area (Å²) in [7, 11) is 0. The van der Waals surface area contributed by atoms with Crippen molar-refractivity contribution in [1.29, 1.82) is 0 Å². The lowest BCUT2D eigenvalue weighted by molar-refractivity contribution is -0.174. The Balaban J connectivity index is 4.15. The van der Waals surface area contributed by atoms with Crippen molar-refractivity contribution in [2.45, 2.75) is 78.1 Å². The second-order valence-corrected chi connectivity index (χ2v) is 4.93. The van der Waals surface area contributed by atoms with Crippen LogP contribution in [-0.2, 0) is 9.53 Å². The van der Waals surface area contributed by atoms with E-state index in [2.05, 4.69) is 6.92 Å². The van der Waals surface area contributed by atoms with Crippen LogP contribution in [0, 0.1) is 5.92 Å². The monoisotopic (exact) mass is 260 g/mol. The molecule has 0 heterocycles. The molecule has 0 aromatic heterocycles. The summed E-state index contributed by atoms with van der Waals surface area (Å²) in [6.07, 6.45) is 4.34. The third kappa shape index (κ3) is 8.48. The molecule has 0 fully saturated rings. The van der Waals surface area contributed by atoms with E-state index in [0.717, 1.165) is 32.1 Å². The van der Waals surface area contributed by atoms with E-state index in [1.54, 1.807) is 13.8 Å². The van der Waals surface area contributed by atoms with E-state index in [1.807, 2.05) is 0 Å². The summed E-state index contributed by atoms with van der Waals surface area (Å²) in [5.74, 6) is -0.690. The van der Waals surface area contributed by atoms with Crippen molar-refractivity contribution in [3.63, 3.8) is 0 Å². The number of ether oxygens (including phenoxy) is 1. The quantitative estimate of drug-likeness (QED) is 0.360. The summed E-state index contributed by atoms with van der Waals surface area (Å²) >= 11 is 0. The van der Waals surface area contributed by atoms with Crippen molar-refractivity contribution in [2.24, 2.45) is 5.92 Å². The van der Waals surface area contributed by atoms with Crippen LogP contribution in [0.25, 0.3) is 0 Å². The van der Waals surface area contributed by atoms with Crippen molar-refractivity contribution in [3.8, 4) is 0 Å². The molecule has 0 aromatic rings. The third-order valence-corrected chi connectivity index (χ3v) is 2.97. The number of unbranched alkanes of at least 4 members (excludes halogenated alkanes) is 3. The predicted octanol–water partition coefficient (Wildman–Crippen LogP) is 2.62. The lowest BCUT2D eigenvalue weighted by atomic mass is 9.95. The standard InChI is InChI=1S/C14H28O4/c1-4-6-7-8-9-12(10-11(3)15)14(17)18-13(16)5-2/h11-13,15-16H,4-10H2,1-3H3. The fourth-order valence-corrected chi connectivity index (χ4v) is 1.87. The highest BCUT2D eigenvalue weighted by Gasteiger charge is 2.23. The zero-order valence-corrected chi connectivity index (χ0v) is 11.9. The number of hydrogen-bond acceptors (Lipinski definition) is 4. The van der Waals surface area contributed by atoms with Gasteiger partial charge in [0.1, 0.15) is 0 Å². The molecule has 0 aliphatic carbocycles. The van der Waals surface area contributed by atoms with Crippen LogP contribution in [0.3, 0.4) is 0 Å². The average Bonchev–Trinajstić information content (AvgIpc) is 2.32. The van der Waals surface area contributed by atoms with Crippen LogP contribution in [0.4, 0.5) is 0 Å². The minimum atomic E-state index is -1.02. The molecule has 0 aromatic carbocycles. The first-order valence-electron chi connectivity index (χ1n) is 7.07. The van der Waals surface area contributed by atoms with Crippen molar-refractivity contribution >= 4 is 5.97 Å². The number of rotatable bonds is 10. The summed E-state index contributed by atoms with van der Waals surface area (Å²) in [4.78, 5) is 11.8. The zero-order chi connectivity index (χ0) is 14.0. The molecule has 0 aliphatic rings. The first kappa shape index (κ1) is 17.4. The van der Waals surface area contributed by atoms with Crippen LogP contribution in [0.1, 0.15) is 65.7 Å². The number of aliphatic hydroxyl groups excluding tert-OH is 2. The fraction of sp³-hybridized carbons (Fsp3) is 0.929. The van der Waals surface area contributed by atoms with Crippen LogP contribution in [0.15, 0.2) is 0 Å². The van der Waals surface area contributed by atoms with E-state index in [0.29, 0.717) is 12.8 Å². The largest absolute Gasteiger partial charge is 0.436 e. The van der Waals surface area contributed by atoms with Gasteiger partial charge >= 0.3 is 5.97 Å². The molecule has 0 radical (unpaired) electrons. The predicted molar refractivity (Wildman–Crippen MR) is 70.9 cm³/mol. The molecule has 0 saturated heterocycles. The molecule has 4 heteroatoms. The molecule has 18 heavy (non-hydrogen) atoms. The Morgan fingerprint density at radius 3 is 2.33 bits per heavy atom. The summed E-state index contributed by atoms with van der Waals surface area (Å²) in [6, 6.07) is 0. The second-order valence-electron chi connectivity index (χ2n) is 4.93. The number of esters is 1. The van der Waals surface area contributed by atoms with Gasteiger partial charge in [-0.25, -0.2) is 0 Å². The van der Waals surface area contributed by atoms with E-state index < -0.39 is 12.4 Å². The van der Waals surface area contributed by atoms with Crippen LogP contribution in [-0.4, -0.2) is 28.6 Å². The number of aliphatic hydroxyl groups is 2. The Hall–Kier alpha value is -0.610. The van der Waals surface area contributed by atoms with Crippen LogP contribution < -0.4 is 0 Å². The molecular formula is C14H28O4. The topological polar surface area (TPSA) is 66.8 Å². The van der Waals surface area contributed by atoms with E-state index >= 15 is 0 Å². The highest BCUT2D eigenvalue weighted by molar-refractivity contribution is 5.72. The lowest BCUT2D eigenvalue weighted by Gasteiger charge is -2.19. The molecule has 3 unspecified atom stereocenters. The molecule has 0 spiro atoms. The highest BCUT2D eigenvalue weighted by Crippen LogP contribution is 2.19. The smallest absolute Gasteiger partial charge is 0.311 e. The van der Waals surface area contributed by atoms with Crippen molar-refractivity contribution in [2.75, 3.05) is 0 Å². The highest BCUT2D eigenvalue weighted by atomic mass is 16.6. The van der Waals surface area contributed by atoms with Gasteiger partial charge in [-0.05, 0) is 19.8 Å². The molecule has 3 atom stereocenters. The minimum absolute atomic E-state index is 0.303. The van der Waals surface area contributed by atoms with Crippen molar-refractivity contribution < 1.29 is 19.7 Å². The van der Waals surface area contributed by atoms with Gasteiger partial charge in [0.2, 0.25) is 0 Å². The number of carbonyl (C=O) groups is 1. The molecule has 0 bridgehead atoms. The Morgan fingerprint density at radius 1 is 1.17 bits per heavy atom. The normalized spacial score (nSPS) is 16.1. The van der Waals surface area contributed by atoms with Gasteiger partial charge in [-0.1, -0.05) is 39.5 Å². The van der Waals surface area contributed by atoms with Gasteiger partial charge in [-0.15, -0.1) is 0 Å². The van der Waals surface area contributed by atoms with Gasteiger partial charge in [-0.2, -0.15) is 0 Å². The van der Waals surface area contributed by atoms with E-state index in [1.165, 1.54) is 0 Å². The van der Waals surface area contributed by atoms with E-state index in [4.69, 9.17) is 4.74 Å². The minimum Gasteiger partial charge on any atom is -0.436 e. The number of hydrogen-bond donors (Lipinski definition) is 2. The third-order valence-electron chi connectivity index (χ3n) is 2.97. The van der Waals surface area contributed by atoms with Gasteiger partial charge in [0, 0.05) is 6.42 Å². The SMILES string of the molecule is CCCCCCC(CC(C)O)C(=O)OC(O)CC. The Bertz CT molecular complexity index is 216. The van der Waals surface area contributed by atoms with Gasteiger partial charge in [-0.3, -0.25) is 4.79 Å². The molecule has 0 saturated carbocycles. The maximum absolute atomic E-state index is 11.8. The first-order valence-corrected chi connectivity index (χ1v) is 7.07. The van der Waals surface area contributed by atoms with Gasteiger partial charge in [0.15, 0.2) is 6.29 Å². The Kier molecular flexibility index (Phi) is 9.98. The molecule has 0 rings (SSSR count). The number of carbonyl (C=O) groups excluding carboxylic acids is 1. The van der Waals surface area contributed by atoms with Gasteiger partial charge in [0.25, 0.3) is 0 Å².